The minimum atomic E-state index is 0.683. The SMILES string of the molecule is CSCc1cn(Cc2ccccn2)nn1. The van der Waals surface area contributed by atoms with Crippen LogP contribution < -0.4 is 0 Å². The number of hydrogen-bond acceptors (Lipinski definition) is 4. The molecule has 0 amide bonds. The summed E-state index contributed by atoms with van der Waals surface area (Å²) in [7, 11) is 0. The Morgan fingerprint density at radius 3 is 3.00 bits per heavy atom. The molecule has 78 valence electrons. The van der Waals surface area contributed by atoms with Crippen molar-refractivity contribution in [3.8, 4) is 0 Å². The molecule has 2 heterocycles. The second-order valence-corrected chi connectivity index (χ2v) is 4.03. The number of hydrogen-bond donors (Lipinski definition) is 0. The van der Waals surface area contributed by atoms with Crippen molar-refractivity contribution in [2.24, 2.45) is 0 Å². The van der Waals surface area contributed by atoms with Gasteiger partial charge in [-0.2, -0.15) is 11.8 Å². The predicted octanol–water partition coefficient (Wildman–Crippen LogP) is 1.58. The van der Waals surface area contributed by atoms with Gasteiger partial charge in [0.1, 0.15) is 0 Å². The van der Waals surface area contributed by atoms with Crippen molar-refractivity contribution in [2.75, 3.05) is 6.26 Å². The molecule has 0 spiro atoms. The lowest BCUT2D eigenvalue weighted by Gasteiger charge is -1.98. The fraction of sp³-hybridized carbons (Fsp3) is 0.300. The summed E-state index contributed by atoms with van der Waals surface area (Å²) in [6.45, 7) is 0.683. The molecule has 0 aliphatic rings. The third-order valence-corrected chi connectivity index (χ3v) is 2.51. The molecule has 0 bridgehead atoms. The van der Waals surface area contributed by atoms with Crippen LogP contribution in [0.15, 0.2) is 30.6 Å². The molecule has 4 nitrogen and oxygen atoms in total. The van der Waals surface area contributed by atoms with E-state index in [0.29, 0.717) is 6.54 Å². The lowest BCUT2D eigenvalue weighted by Crippen LogP contribution is -2.01. The van der Waals surface area contributed by atoms with E-state index >= 15 is 0 Å². The maximum Gasteiger partial charge on any atom is 0.0925 e. The molecule has 2 aromatic rings. The monoisotopic (exact) mass is 220 g/mol. The van der Waals surface area contributed by atoms with Gasteiger partial charge in [-0.15, -0.1) is 5.10 Å². The van der Waals surface area contributed by atoms with Crippen LogP contribution in [0.25, 0.3) is 0 Å². The zero-order valence-corrected chi connectivity index (χ0v) is 9.31. The van der Waals surface area contributed by atoms with Crippen molar-refractivity contribution >= 4 is 11.8 Å². The molecule has 0 saturated carbocycles. The van der Waals surface area contributed by atoms with Gasteiger partial charge in [0.05, 0.1) is 17.9 Å². The van der Waals surface area contributed by atoms with Crippen LogP contribution in [0, 0.1) is 0 Å². The summed E-state index contributed by atoms with van der Waals surface area (Å²) in [6.07, 6.45) is 5.80. The molecule has 0 unspecified atom stereocenters. The average Bonchev–Trinajstić information content (AvgIpc) is 2.68. The summed E-state index contributed by atoms with van der Waals surface area (Å²) >= 11 is 1.74. The number of thioether (sulfide) groups is 1. The van der Waals surface area contributed by atoms with Gasteiger partial charge in [-0.25, -0.2) is 4.68 Å². The number of rotatable bonds is 4. The molecule has 5 heteroatoms. The highest BCUT2D eigenvalue weighted by atomic mass is 32.2. The summed E-state index contributed by atoms with van der Waals surface area (Å²) in [5.41, 5.74) is 2.01. The second-order valence-electron chi connectivity index (χ2n) is 3.16. The third kappa shape index (κ3) is 2.79. The van der Waals surface area contributed by atoms with Crippen molar-refractivity contribution in [3.63, 3.8) is 0 Å². The van der Waals surface area contributed by atoms with Gasteiger partial charge in [-0.3, -0.25) is 4.98 Å². The van der Waals surface area contributed by atoms with Gasteiger partial charge < -0.3 is 0 Å². The summed E-state index contributed by atoms with van der Waals surface area (Å²) in [4.78, 5) is 4.24. The van der Waals surface area contributed by atoms with Gasteiger partial charge >= 0.3 is 0 Å². The first kappa shape index (κ1) is 10.2. The van der Waals surface area contributed by atoms with E-state index in [-0.39, 0.29) is 0 Å². The van der Waals surface area contributed by atoms with E-state index in [0.717, 1.165) is 17.1 Å². The van der Waals surface area contributed by atoms with Crippen LogP contribution in [-0.2, 0) is 12.3 Å². The van der Waals surface area contributed by atoms with Crippen LogP contribution in [0.2, 0.25) is 0 Å². The molecule has 0 saturated heterocycles. The van der Waals surface area contributed by atoms with Crippen LogP contribution >= 0.6 is 11.8 Å². The minimum absolute atomic E-state index is 0.683. The van der Waals surface area contributed by atoms with E-state index in [1.807, 2.05) is 29.1 Å². The fourth-order valence-electron chi connectivity index (χ4n) is 1.29. The van der Waals surface area contributed by atoms with E-state index in [1.54, 1.807) is 18.0 Å². The third-order valence-electron chi connectivity index (χ3n) is 1.93. The Bertz CT molecular complexity index is 412. The van der Waals surface area contributed by atoms with Crippen molar-refractivity contribution in [2.45, 2.75) is 12.3 Å². The maximum atomic E-state index is 4.24. The molecular formula is C10H12N4S. The van der Waals surface area contributed by atoms with Crippen molar-refractivity contribution in [1.29, 1.82) is 0 Å². The molecule has 0 fully saturated rings. The number of aromatic nitrogens is 4. The van der Waals surface area contributed by atoms with E-state index in [2.05, 4.69) is 21.6 Å². The Kier molecular flexibility index (Phi) is 3.34. The first-order valence-electron chi connectivity index (χ1n) is 4.66. The smallest absolute Gasteiger partial charge is 0.0925 e. The van der Waals surface area contributed by atoms with Gasteiger partial charge in [0, 0.05) is 18.1 Å². The van der Waals surface area contributed by atoms with Crippen LogP contribution in [0.3, 0.4) is 0 Å². The standard InChI is InChI=1S/C10H12N4S/c1-15-8-10-7-14(13-12-10)6-9-4-2-3-5-11-9/h2-5,7H,6,8H2,1H3. The molecule has 15 heavy (non-hydrogen) atoms. The maximum absolute atomic E-state index is 4.24. The molecule has 2 aromatic heterocycles. The lowest BCUT2D eigenvalue weighted by atomic mass is 10.3. The van der Waals surface area contributed by atoms with Gasteiger partial charge in [0.15, 0.2) is 0 Å². The van der Waals surface area contributed by atoms with E-state index in [1.165, 1.54) is 0 Å². The van der Waals surface area contributed by atoms with Gasteiger partial charge in [0.2, 0.25) is 0 Å². The quantitative estimate of drug-likeness (QED) is 0.784. The Labute approximate surface area is 92.7 Å². The van der Waals surface area contributed by atoms with Crippen molar-refractivity contribution in [1.82, 2.24) is 20.0 Å². The molecule has 2 rings (SSSR count). The van der Waals surface area contributed by atoms with Crippen molar-refractivity contribution in [3.05, 3.63) is 42.0 Å². The Morgan fingerprint density at radius 1 is 1.33 bits per heavy atom. The first-order valence-corrected chi connectivity index (χ1v) is 6.06. The van der Waals surface area contributed by atoms with Crippen LogP contribution in [-0.4, -0.2) is 26.2 Å². The van der Waals surface area contributed by atoms with Crippen LogP contribution in [0.4, 0.5) is 0 Å². The van der Waals surface area contributed by atoms with Crippen molar-refractivity contribution < 1.29 is 0 Å². The second kappa shape index (κ2) is 4.93. The van der Waals surface area contributed by atoms with Crippen LogP contribution in [0.5, 0.6) is 0 Å². The molecule has 0 aliphatic heterocycles. The molecule has 0 aliphatic carbocycles. The highest BCUT2D eigenvalue weighted by molar-refractivity contribution is 7.97. The summed E-state index contributed by atoms with van der Waals surface area (Å²) in [5.74, 6) is 0.905. The Hall–Kier alpha value is -1.36. The summed E-state index contributed by atoms with van der Waals surface area (Å²) < 4.78 is 1.81. The van der Waals surface area contributed by atoms with E-state index < -0.39 is 0 Å². The molecular weight excluding hydrogens is 208 g/mol. The summed E-state index contributed by atoms with van der Waals surface area (Å²) in [5, 5.41) is 8.11. The molecule has 0 N–H and O–H groups in total. The lowest BCUT2D eigenvalue weighted by molar-refractivity contribution is 0.638. The predicted molar refractivity (Wildman–Crippen MR) is 60.6 cm³/mol. The number of pyridine rings is 1. The van der Waals surface area contributed by atoms with Gasteiger partial charge in [0.25, 0.3) is 0 Å². The Balaban J connectivity index is 2.05. The fourth-order valence-corrected chi connectivity index (χ4v) is 1.72. The molecule has 0 atom stereocenters. The number of nitrogens with zero attached hydrogens (tertiary/aromatic N) is 4. The zero-order valence-electron chi connectivity index (χ0n) is 8.50. The van der Waals surface area contributed by atoms with Crippen LogP contribution in [0.1, 0.15) is 11.4 Å². The molecule has 0 aromatic carbocycles. The van der Waals surface area contributed by atoms with Gasteiger partial charge in [-0.1, -0.05) is 11.3 Å². The highest BCUT2D eigenvalue weighted by Crippen LogP contribution is 2.05. The molecule has 0 radical (unpaired) electrons. The minimum Gasteiger partial charge on any atom is -0.259 e. The highest BCUT2D eigenvalue weighted by Gasteiger charge is 2.00. The normalized spacial score (nSPS) is 10.5. The van der Waals surface area contributed by atoms with E-state index in [4.69, 9.17) is 0 Å². The summed E-state index contributed by atoms with van der Waals surface area (Å²) in [6, 6.07) is 5.86. The largest absolute Gasteiger partial charge is 0.259 e. The van der Waals surface area contributed by atoms with Gasteiger partial charge in [-0.05, 0) is 18.4 Å². The van der Waals surface area contributed by atoms with E-state index in [9.17, 15) is 0 Å². The Morgan fingerprint density at radius 2 is 2.27 bits per heavy atom. The average molecular weight is 220 g/mol. The zero-order chi connectivity index (χ0) is 10.5. The topological polar surface area (TPSA) is 43.6 Å². The first-order chi connectivity index (χ1) is 7.38.